The Morgan fingerprint density at radius 1 is 0.915 bits per heavy atom. The standard InChI is InChI=1S/C53H59ClN8O8S/c1-29(31-10-12-32(13-11-31)43-30(2)58-28-71-43)59-47(67)40-22-36(63)27-62(40)48(68)44(51(3,4)5)60-41(64)26-57-45(65)33-14-18-37(19-15-33)69-42-21-17-35(25-56-42)46(66)61-49-52(6,7)50(53(49,8)9)70-38-20-16-34(24-55)39(54)23-38/h10-21,23,25,28-29,36,40,44,49-50,63H,22,26-27H2,1-9H3,(H,57,65)(H,59,67)(H,60,64)(H,61,66)/t29-,36+,40-,44+,49-,50-/m0/s1. The predicted molar refractivity (Wildman–Crippen MR) is 269 cm³/mol. The molecule has 0 bridgehead atoms. The molecule has 0 spiro atoms. The lowest BCUT2D eigenvalue weighted by Gasteiger charge is -2.63. The second kappa shape index (κ2) is 20.8. The van der Waals surface area contributed by atoms with E-state index in [0.29, 0.717) is 27.6 Å². The number of β-amino-alcohol motifs (C(OH)–C–C–N with tert-alkyl or cyclic N) is 1. The van der Waals surface area contributed by atoms with Crippen molar-refractivity contribution in [3.63, 3.8) is 0 Å². The summed E-state index contributed by atoms with van der Waals surface area (Å²) in [6, 6.07) is 21.5. The number of nitrogens with one attached hydrogen (secondary N) is 4. The van der Waals surface area contributed by atoms with Crippen LogP contribution in [0.4, 0.5) is 0 Å². The summed E-state index contributed by atoms with van der Waals surface area (Å²) in [5.74, 6) is -1.30. The van der Waals surface area contributed by atoms with Crippen LogP contribution in [-0.2, 0) is 14.4 Å². The van der Waals surface area contributed by atoms with E-state index in [1.807, 2.05) is 71.9 Å². The summed E-state index contributed by atoms with van der Waals surface area (Å²) >= 11 is 7.79. The van der Waals surface area contributed by atoms with Gasteiger partial charge in [0.2, 0.25) is 23.6 Å². The van der Waals surface area contributed by atoms with E-state index in [0.717, 1.165) is 21.7 Å². The van der Waals surface area contributed by atoms with Gasteiger partial charge in [-0.2, -0.15) is 5.26 Å². The second-order valence-electron chi connectivity index (χ2n) is 20.4. The second-order valence-corrected chi connectivity index (χ2v) is 21.6. The van der Waals surface area contributed by atoms with Crippen molar-refractivity contribution in [3.05, 3.63) is 124 Å². The van der Waals surface area contributed by atoms with Crippen molar-refractivity contribution in [2.45, 2.75) is 105 Å². The van der Waals surface area contributed by atoms with Gasteiger partial charge >= 0.3 is 0 Å². The zero-order valence-corrected chi connectivity index (χ0v) is 42.7. The van der Waals surface area contributed by atoms with E-state index in [1.54, 1.807) is 80.1 Å². The number of hydrogen-bond acceptors (Lipinski definition) is 12. The first kappa shape index (κ1) is 52.0. The molecule has 0 unspecified atom stereocenters. The number of carbonyl (C=O) groups is 5. The normalized spacial score (nSPS) is 19.8. The smallest absolute Gasteiger partial charge is 0.253 e. The maximum Gasteiger partial charge on any atom is 0.253 e. The zero-order valence-electron chi connectivity index (χ0n) is 41.1. The lowest BCUT2D eigenvalue weighted by Crippen LogP contribution is -2.74. The van der Waals surface area contributed by atoms with E-state index in [9.17, 15) is 34.3 Å². The molecule has 1 saturated heterocycles. The van der Waals surface area contributed by atoms with Crippen LogP contribution in [0.15, 0.2) is 90.6 Å². The Hall–Kier alpha value is -6.87. The van der Waals surface area contributed by atoms with Crippen LogP contribution < -0.4 is 30.7 Å². The minimum absolute atomic E-state index is 0.0390. The highest BCUT2D eigenvalue weighted by Gasteiger charge is 2.64. The van der Waals surface area contributed by atoms with E-state index in [-0.39, 0.29) is 42.5 Å². The predicted octanol–water partition coefficient (Wildman–Crippen LogP) is 7.54. The number of carbonyl (C=O) groups excluding carboxylic acids is 5. The molecule has 2 aromatic heterocycles. The van der Waals surface area contributed by atoms with Gasteiger partial charge in [0.15, 0.2) is 0 Å². The minimum Gasteiger partial charge on any atom is -0.489 e. The maximum absolute atomic E-state index is 14.1. The van der Waals surface area contributed by atoms with Crippen molar-refractivity contribution in [1.29, 1.82) is 5.26 Å². The van der Waals surface area contributed by atoms with Gasteiger partial charge in [0, 0.05) is 53.7 Å². The Morgan fingerprint density at radius 3 is 2.17 bits per heavy atom. The average Bonchev–Trinajstić information content (AvgIpc) is 3.95. The van der Waals surface area contributed by atoms with Crippen LogP contribution in [0, 0.1) is 34.5 Å². The first-order valence-corrected chi connectivity index (χ1v) is 24.5. The highest BCUT2D eigenvalue weighted by atomic mass is 35.5. The molecule has 7 rings (SSSR count). The van der Waals surface area contributed by atoms with Gasteiger partial charge in [-0.25, -0.2) is 9.97 Å². The number of nitriles is 1. The summed E-state index contributed by atoms with van der Waals surface area (Å²) in [7, 11) is 0. The van der Waals surface area contributed by atoms with Gasteiger partial charge in [0.25, 0.3) is 11.8 Å². The average molecular weight is 1000 g/mol. The third-order valence-corrected chi connectivity index (χ3v) is 14.5. The van der Waals surface area contributed by atoms with Crippen LogP contribution in [0.1, 0.15) is 105 Å². The Labute approximate surface area is 422 Å². The van der Waals surface area contributed by atoms with Crippen LogP contribution in [-0.4, -0.2) is 92.9 Å². The number of nitrogens with zero attached hydrogens (tertiary/aromatic N) is 4. The van der Waals surface area contributed by atoms with E-state index in [4.69, 9.17) is 21.1 Å². The Bertz CT molecular complexity index is 2820. The van der Waals surface area contributed by atoms with Crippen molar-refractivity contribution in [2.24, 2.45) is 16.2 Å². The van der Waals surface area contributed by atoms with Crippen molar-refractivity contribution >= 4 is 52.5 Å². The van der Waals surface area contributed by atoms with Gasteiger partial charge in [0.05, 0.1) is 50.9 Å². The molecule has 372 valence electrons. The third-order valence-electron chi connectivity index (χ3n) is 13.2. The van der Waals surface area contributed by atoms with Crippen LogP contribution in [0.25, 0.3) is 10.4 Å². The molecule has 71 heavy (non-hydrogen) atoms. The van der Waals surface area contributed by atoms with Gasteiger partial charge in [-0.05, 0) is 72.9 Å². The quantitative estimate of drug-likeness (QED) is 0.0689. The van der Waals surface area contributed by atoms with E-state index in [1.165, 1.54) is 23.2 Å². The Morgan fingerprint density at radius 2 is 1.58 bits per heavy atom. The van der Waals surface area contributed by atoms with Crippen LogP contribution >= 0.6 is 22.9 Å². The Balaban J connectivity index is 0.884. The monoisotopic (exact) mass is 1000 g/mol. The van der Waals surface area contributed by atoms with Crippen LogP contribution in [0.2, 0.25) is 5.02 Å². The Kier molecular flexibility index (Phi) is 15.3. The molecule has 1 aliphatic carbocycles. The van der Waals surface area contributed by atoms with Gasteiger partial charge in [-0.3, -0.25) is 24.0 Å². The number of amides is 5. The molecule has 1 aliphatic heterocycles. The third kappa shape index (κ3) is 11.5. The van der Waals surface area contributed by atoms with E-state index < -0.39 is 70.6 Å². The number of aryl methyl sites for hydroxylation is 1. The van der Waals surface area contributed by atoms with Gasteiger partial charge in [-0.15, -0.1) is 11.3 Å². The summed E-state index contributed by atoms with van der Waals surface area (Å²) in [6.07, 6.45) is 0.252. The van der Waals surface area contributed by atoms with Crippen molar-refractivity contribution in [3.8, 4) is 33.9 Å². The number of thiazole rings is 1. The van der Waals surface area contributed by atoms with Crippen LogP contribution in [0.5, 0.6) is 17.4 Å². The first-order chi connectivity index (χ1) is 33.5. The minimum atomic E-state index is -1.08. The van der Waals surface area contributed by atoms with Gasteiger partial charge < -0.3 is 40.7 Å². The molecule has 0 radical (unpaired) electrons. The topological polar surface area (TPSA) is 225 Å². The van der Waals surface area contributed by atoms with Gasteiger partial charge in [-0.1, -0.05) is 84.3 Å². The number of aromatic nitrogens is 2. The summed E-state index contributed by atoms with van der Waals surface area (Å²) in [4.78, 5) is 78.7. The number of aliphatic hydroxyl groups is 1. The fourth-order valence-electron chi connectivity index (χ4n) is 9.67. The SMILES string of the molecule is Cc1ncsc1-c1ccc([C@H](C)NC(=O)[C@@H]2C[C@@H](O)CN2C(=O)[C@@H](NC(=O)CNC(=O)c2ccc(Oc3ccc(C(=O)N[C@H]4C(C)(C)[C@H](Oc5ccc(C#N)c(Cl)c5)C4(C)C)cn3)cc2)C(C)(C)C)cc1. The zero-order chi connectivity index (χ0) is 51.6. The molecule has 4 atom stereocenters. The summed E-state index contributed by atoms with van der Waals surface area (Å²) in [5, 5.41) is 31.7. The summed E-state index contributed by atoms with van der Waals surface area (Å²) in [5.41, 5.74) is 3.85. The molecule has 16 nitrogen and oxygen atoms in total. The largest absolute Gasteiger partial charge is 0.489 e. The summed E-state index contributed by atoms with van der Waals surface area (Å²) < 4.78 is 12.2. The molecule has 18 heteroatoms. The van der Waals surface area contributed by atoms with Crippen LogP contribution in [0.3, 0.4) is 0 Å². The fraction of sp³-hybridized carbons (Fsp3) is 0.396. The molecular weight excluding hydrogens is 944 g/mol. The number of rotatable bonds is 15. The molecule has 3 aromatic carbocycles. The van der Waals surface area contributed by atoms with Crippen molar-refractivity contribution in [2.75, 3.05) is 13.1 Å². The lowest BCUT2D eigenvalue weighted by atomic mass is 9.49. The van der Waals surface area contributed by atoms with E-state index in [2.05, 4.69) is 31.2 Å². The molecule has 2 aliphatic rings. The molecule has 1 saturated carbocycles. The molecular formula is C53H59ClN8O8S. The first-order valence-electron chi connectivity index (χ1n) is 23.3. The maximum atomic E-state index is 14.1. The number of ether oxygens (including phenoxy) is 2. The number of hydrogen-bond donors (Lipinski definition) is 5. The number of halogens is 1. The summed E-state index contributed by atoms with van der Waals surface area (Å²) in [6.45, 7) is 16.7. The number of benzene rings is 3. The molecule has 5 N–H and O–H groups in total. The van der Waals surface area contributed by atoms with Crippen molar-refractivity contribution < 1.29 is 38.6 Å². The van der Waals surface area contributed by atoms with Crippen molar-refractivity contribution in [1.82, 2.24) is 36.1 Å². The number of likely N-dealkylation sites (tertiary alicyclic amines) is 1. The molecule has 5 amide bonds. The number of aliphatic hydroxyl groups excluding tert-OH is 1. The van der Waals surface area contributed by atoms with E-state index >= 15 is 0 Å². The highest BCUT2D eigenvalue weighted by Crippen LogP contribution is 2.55. The molecule has 3 heterocycles. The molecule has 5 aromatic rings. The number of pyridine rings is 1. The van der Waals surface area contributed by atoms with Gasteiger partial charge in [0.1, 0.15) is 35.8 Å². The fourth-order valence-corrected chi connectivity index (χ4v) is 10.7. The lowest BCUT2D eigenvalue weighted by molar-refractivity contribution is -0.164. The molecule has 2 fully saturated rings. The highest BCUT2D eigenvalue weighted by molar-refractivity contribution is 7.13.